The molecular weight excluding hydrogens is 502 g/mol. The van der Waals surface area contributed by atoms with Crippen LogP contribution in [0.2, 0.25) is 0 Å². The zero-order valence-electron chi connectivity index (χ0n) is 22.0. The van der Waals surface area contributed by atoms with Gasteiger partial charge in [0.25, 0.3) is 0 Å². The summed E-state index contributed by atoms with van der Waals surface area (Å²) in [6, 6.07) is 0. The molecule has 0 aromatic rings. The van der Waals surface area contributed by atoms with Gasteiger partial charge in [-0.25, -0.2) is 0 Å². The van der Waals surface area contributed by atoms with Gasteiger partial charge in [0, 0.05) is 37.1 Å². The van der Waals surface area contributed by atoms with E-state index in [1.165, 1.54) is 128 Å². The first-order valence-electron chi connectivity index (χ1n) is 14.1. The van der Waals surface area contributed by atoms with Gasteiger partial charge in [0.1, 0.15) is 0 Å². The molecule has 0 unspecified atom stereocenters. The molecule has 0 spiro atoms. The molecule has 3 heteroatoms. The molecule has 0 saturated carbocycles. The van der Waals surface area contributed by atoms with Gasteiger partial charge in [0.2, 0.25) is 0 Å². The Labute approximate surface area is 216 Å². The van der Waals surface area contributed by atoms with Gasteiger partial charge in [-0.05, 0) is 50.6 Å². The fraction of sp³-hybridized carbons (Fsp3) is 1.00. The first kappa shape index (κ1) is 34.4. The first-order chi connectivity index (χ1) is 14.8. The first-order valence-corrected chi connectivity index (χ1v) is 16.0. The van der Waals surface area contributed by atoms with Crippen LogP contribution in [0.25, 0.3) is 0 Å². The molecule has 0 aromatic heterocycles. The maximum absolute atomic E-state index is 5.67. The predicted molar refractivity (Wildman–Crippen MR) is 147 cm³/mol. The second-order valence-electron chi connectivity index (χ2n) is 9.46. The van der Waals surface area contributed by atoms with Crippen molar-refractivity contribution in [3.05, 3.63) is 0 Å². The van der Waals surface area contributed by atoms with Crippen molar-refractivity contribution in [3.8, 4) is 0 Å². The quantitative estimate of drug-likeness (QED) is 0.0580. The van der Waals surface area contributed by atoms with Gasteiger partial charge >= 0.3 is 0 Å². The minimum Gasteiger partial charge on any atom is -0.381 e. The van der Waals surface area contributed by atoms with Crippen molar-refractivity contribution in [2.45, 2.75) is 149 Å². The maximum atomic E-state index is 5.67. The largest absolute Gasteiger partial charge is 0.381 e. The average molecular weight is 561 g/mol. The van der Waals surface area contributed by atoms with E-state index in [2.05, 4.69) is 20.8 Å². The number of rotatable bonds is 26. The minimum atomic E-state index is 0. The molecule has 186 valence electrons. The van der Waals surface area contributed by atoms with Crippen LogP contribution in [0.4, 0.5) is 0 Å². The van der Waals surface area contributed by atoms with Gasteiger partial charge in [0.05, 0.1) is 0 Å². The summed E-state index contributed by atoms with van der Waals surface area (Å²) in [4.78, 5) is 0. The fourth-order valence-electron chi connectivity index (χ4n) is 4.16. The Balaban J connectivity index is 0. The third-order valence-electron chi connectivity index (χ3n) is 6.31. The Kier molecular flexibility index (Phi) is 34.6. The topological polar surface area (TPSA) is 9.23 Å². The zero-order chi connectivity index (χ0) is 22.0. The molecule has 0 amide bonds. The van der Waals surface area contributed by atoms with Gasteiger partial charge in [-0.15, -0.1) is 7.92 Å². The Morgan fingerprint density at radius 1 is 0.387 bits per heavy atom. The van der Waals surface area contributed by atoms with Crippen molar-refractivity contribution >= 4 is 31.8 Å². The van der Waals surface area contributed by atoms with Gasteiger partial charge in [0.15, 0.2) is 0 Å². The Hall–Kier alpha value is 1.19. The third-order valence-corrected chi connectivity index (χ3v) is 9.16. The van der Waals surface area contributed by atoms with E-state index in [1.54, 1.807) is 18.5 Å². The van der Waals surface area contributed by atoms with Crippen LogP contribution in [-0.2, 0) is 4.74 Å². The van der Waals surface area contributed by atoms with E-state index in [9.17, 15) is 0 Å². The zero-order valence-corrected chi connectivity index (χ0v) is 25.8. The maximum Gasteiger partial charge on any atom is 0.0466 e. The van der Waals surface area contributed by atoms with Crippen molar-refractivity contribution in [2.24, 2.45) is 0 Å². The molecular formula is C28H59OPSn. The molecule has 0 aromatic carbocycles. The molecule has 0 fully saturated rings. The summed E-state index contributed by atoms with van der Waals surface area (Å²) in [5.41, 5.74) is 0. The van der Waals surface area contributed by atoms with Gasteiger partial charge in [-0.1, -0.05) is 117 Å². The molecule has 0 rings (SSSR count). The Morgan fingerprint density at radius 3 is 1.13 bits per heavy atom. The van der Waals surface area contributed by atoms with Crippen LogP contribution >= 0.6 is 7.92 Å². The predicted octanol–water partition coefficient (Wildman–Crippen LogP) is 9.97. The van der Waals surface area contributed by atoms with Gasteiger partial charge in [-0.3, -0.25) is 0 Å². The van der Waals surface area contributed by atoms with Crippen molar-refractivity contribution in [1.29, 1.82) is 0 Å². The molecule has 31 heavy (non-hydrogen) atoms. The summed E-state index contributed by atoms with van der Waals surface area (Å²) in [5.74, 6) is 0. The van der Waals surface area contributed by atoms with Crippen molar-refractivity contribution in [3.63, 3.8) is 0 Å². The van der Waals surface area contributed by atoms with Crippen molar-refractivity contribution in [2.75, 3.05) is 31.7 Å². The molecule has 0 aliphatic heterocycles. The molecule has 0 heterocycles. The van der Waals surface area contributed by atoms with Crippen molar-refractivity contribution < 1.29 is 4.74 Å². The molecule has 0 N–H and O–H groups in total. The number of hydrogen-bond donors (Lipinski definition) is 0. The van der Waals surface area contributed by atoms with E-state index in [0.717, 1.165) is 13.2 Å². The molecule has 4 radical (unpaired) electrons. The molecule has 0 bridgehead atoms. The second kappa shape index (κ2) is 31.2. The summed E-state index contributed by atoms with van der Waals surface area (Å²) in [5, 5.41) is 0. The van der Waals surface area contributed by atoms with Gasteiger partial charge < -0.3 is 4.74 Å². The Morgan fingerprint density at radius 2 is 0.710 bits per heavy atom. The summed E-state index contributed by atoms with van der Waals surface area (Å²) >= 11 is 0. The van der Waals surface area contributed by atoms with Crippen LogP contribution in [0.5, 0.6) is 0 Å². The normalized spacial score (nSPS) is 11.2. The summed E-state index contributed by atoms with van der Waals surface area (Å²) < 4.78 is 5.67. The monoisotopic (exact) mass is 562 g/mol. The molecule has 0 atom stereocenters. The van der Waals surface area contributed by atoms with Crippen LogP contribution in [0.1, 0.15) is 149 Å². The van der Waals surface area contributed by atoms with Gasteiger partial charge in [-0.2, -0.15) is 0 Å². The van der Waals surface area contributed by atoms with Crippen LogP contribution in [-0.4, -0.2) is 55.6 Å². The molecule has 0 saturated heterocycles. The van der Waals surface area contributed by atoms with Crippen LogP contribution < -0.4 is 0 Å². The third kappa shape index (κ3) is 29.2. The molecule has 0 aliphatic carbocycles. The smallest absolute Gasteiger partial charge is 0.0466 e. The summed E-state index contributed by atoms with van der Waals surface area (Å²) in [7, 11) is 0.334. The van der Waals surface area contributed by atoms with Crippen LogP contribution in [0.15, 0.2) is 0 Å². The van der Waals surface area contributed by atoms with E-state index < -0.39 is 0 Å². The van der Waals surface area contributed by atoms with E-state index in [-0.39, 0.29) is 23.9 Å². The van der Waals surface area contributed by atoms with E-state index in [4.69, 9.17) is 4.74 Å². The number of unbranched alkanes of at least 4 members (excludes halogenated alkanes) is 16. The SMILES string of the molecule is CCCCCCCCP(CCCCCCCC)CCCCCCCCOCCCC.[Sn]. The number of ether oxygens (including phenoxy) is 1. The minimum absolute atomic E-state index is 0. The number of hydrogen-bond acceptors (Lipinski definition) is 1. The molecule has 0 aliphatic rings. The molecule has 1 nitrogen and oxygen atoms in total. The van der Waals surface area contributed by atoms with E-state index in [0.29, 0.717) is 7.92 Å². The standard InChI is InChI=1S/C28H59OP.Sn/c1-4-7-10-12-17-21-26-30(27-22-18-13-11-8-5-2)28-23-19-15-14-16-20-25-29-24-9-6-3;/h4-28H2,1-3H3;. The fourth-order valence-corrected chi connectivity index (χ4v) is 6.85. The second-order valence-corrected chi connectivity index (χ2v) is 12.1. The summed E-state index contributed by atoms with van der Waals surface area (Å²) in [6.07, 6.45) is 33.2. The van der Waals surface area contributed by atoms with E-state index >= 15 is 0 Å². The van der Waals surface area contributed by atoms with Crippen LogP contribution in [0.3, 0.4) is 0 Å². The average Bonchev–Trinajstić information content (AvgIpc) is 2.76. The van der Waals surface area contributed by atoms with E-state index in [1.807, 2.05) is 0 Å². The van der Waals surface area contributed by atoms with Crippen LogP contribution in [0, 0.1) is 0 Å². The van der Waals surface area contributed by atoms with Crippen molar-refractivity contribution in [1.82, 2.24) is 0 Å². The summed E-state index contributed by atoms with van der Waals surface area (Å²) in [6.45, 7) is 8.83. The Bertz CT molecular complexity index is 285.